The van der Waals surface area contributed by atoms with Crippen molar-refractivity contribution in [3.8, 4) is 0 Å². The summed E-state index contributed by atoms with van der Waals surface area (Å²) in [6.07, 6.45) is 13.2. The maximum absolute atomic E-state index is 11.7. The van der Waals surface area contributed by atoms with Gasteiger partial charge in [0.05, 0.1) is 0 Å². The minimum Gasteiger partial charge on any atom is -0.295 e. The van der Waals surface area contributed by atoms with Crippen LogP contribution in [0.1, 0.15) is 71.6 Å². The molecule has 1 nitrogen and oxygen atoms in total. The van der Waals surface area contributed by atoms with Crippen molar-refractivity contribution in [1.82, 2.24) is 0 Å². The van der Waals surface area contributed by atoms with E-state index in [0.29, 0.717) is 11.2 Å². The molecule has 2 saturated carbocycles. The molecule has 0 aromatic rings. The second-order valence-corrected chi connectivity index (χ2v) is 8.08. The molecule has 4 aliphatic carbocycles. The van der Waals surface area contributed by atoms with Gasteiger partial charge in [0.15, 0.2) is 5.78 Å². The molecule has 0 aliphatic heterocycles. The highest BCUT2D eigenvalue weighted by molar-refractivity contribution is 5.93. The molecule has 0 bridgehead atoms. The molecule has 1 heteroatoms. The van der Waals surface area contributed by atoms with Crippen LogP contribution in [0.3, 0.4) is 0 Å². The van der Waals surface area contributed by atoms with Gasteiger partial charge >= 0.3 is 0 Å². The predicted molar refractivity (Wildman–Crippen MR) is 85.9 cm³/mol. The normalized spacial score (nSPS) is 42.3. The number of rotatable bonds is 1. The maximum atomic E-state index is 11.7. The molecule has 114 valence electrons. The van der Waals surface area contributed by atoms with Crippen LogP contribution in [0.25, 0.3) is 0 Å². The highest BCUT2D eigenvalue weighted by Gasteiger charge is 2.52. The first kappa shape index (κ1) is 13.8. The SMILES string of the molecule is CC[C@H]1CC[C@H]2[C@@H]3CCC4=CC(=O)CCC4=C3CC[C@]12C. The lowest BCUT2D eigenvalue weighted by Crippen LogP contribution is -2.40. The van der Waals surface area contributed by atoms with Crippen molar-refractivity contribution >= 4 is 5.78 Å². The summed E-state index contributed by atoms with van der Waals surface area (Å²) in [4.78, 5) is 11.7. The standard InChI is InChI=1S/C20H28O/c1-3-14-5-9-19-18-7-4-13-12-15(21)6-8-16(13)17(18)10-11-20(14,19)2/h12,14,18-19H,3-11H2,1-2H3/t14-,18+,19-,20+/m0/s1. The summed E-state index contributed by atoms with van der Waals surface area (Å²) in [6, 6.07) is 0. The number of hydrogen-bond acceptors (Lipinski definition) is 1. The molecular formula is C20H28O. The van der Waals surface area contributed by atoms with Crippen LogP contribution in [-0.2, 0) is 4.79 Å². The first-order valence-electron chi connectivity index (χ1n) is 9.09. The van der Waals surface area contributed by atoms with Crippen LogP contribution in [0.15, 0.2) is 22.8 Å². The lowest BCUT2D eigenvalue weighted by Gasteiger charge is -2.49. The Hall–Kier alpha value is -0.850. The van der Waals surface area contributed by atoms with Crippen molar-refractivity contribution in [2.75, 3.05) is 0 Å². The molecule has 4 aliphatic rings. The third-order valence-corrected chi connectivity index (χ3v) is 7.42. The van der Waals surface area contributed by atoms with E-state index in [-0.39, 0.29) is 0 Å². The highest BCUT2D eigenvalue weighted by atomic mass is 16.1. The Labute approximate surface area is 128 Å². The summed E-state index contributed by atoms with van der Waals surface area (Å²) < 4.78 is 0. The zero-order valence-corrected chi connectivity index (χ0v) is 13.6. The molecular weight excluding hydrogens is 256 g/mol. The summed E-state index contributed by atoms with van der Waals surface area (Å²) in [5.74, 6) is 3.10. The molecule has 4 atom stereocenters. The molecule has 2 fully saturated rings. The highest BCUT2D eigenvalue weighted by Crippen LogP contribution is 2.62. The number of fused-ring (bicyclic) bond motifs is 4. The Bertz CT molecular complexity index is 538. The zero-order valence-electron chi connectivity index (χ0n) is 13.6. The first-order valence-corrected chi connectivity index (χ1v) is 9.09. The Kier molecular flexibility index (Phi) is 3.17. The third kappa shape index (κ3) is 1.92. The van der Waals surface area contributed by atoms with Crippen molar-refractivity contribution in [2.45, 2.75) is 71.6 Å². The minimum absolute atomic E-state index is 0.361. The van der Waals surface area contributed by atoms with Crippen molar-refractivity contribution in [2.24, 2.45) is 23.2 Å². The van der Waals surface area contributed by atoms with Gasteiger partial charge in [0.1, 0.15) is 0 Å². The first-order chi connectivity index (χ1) is 10.1. The number of allylic oxidation sites excluding steroid dienone is 4. The van der Waals surface area contributed by atoms with Crippen LogP contribution in [0.2, 0.25) is 0 Å². The van der Waals surface area contributed by atoms with Gasteiger partial charge < -0.3 is 0 Å². The molecule has 0 unspecified atom stereocenters. The summed E-state index contributed by atoms with van der Waals surface area (Å²) in [6.45, 7) is 4.98. The average Bonchev–Trinajstić information content (AvgIpc) is 2.83. The van der Waals surface area contributed by atoms with E-state index in [1.54, 1.807) is 11.1 Å². The summed E-state index contributed by atoms with van der Waals surface area (Å²) in [7, 11) is 0. The van der Waals surface area contributed by atoms with Crippen molar-refractivity contribution in [3.05, 3.63) is 22.8 Å². The predicted octanol–water partition coefficient (Wildman–Crippen LogP) is 5.22. The maximum Gasteiger partial charge on any atom is 0.156 e. The Morgan fingerprint density at radius 3 is 2.81 bits per heavy atom. The van der Waals surface area contributed by atoms with Crippen LogP contribution in [0, 0.1) is 23.2 Å². The van der Waals surface area contributed by atoms with E-state index >= 15 is 0 Å². The van der Waals surface area contributed by atoms with Crippen molar-refractivity contribution in [3.63, 3.8) is 0 Å². The summed E-state index contributed by atoms with van der Waals surface area (Å²) >= 11 is 0. The summed E-state index contributed by atoms with van der Waals surface area (Å²) in [5, 5.41) is 0. The molecule has 0 heterocycles. The van der Waals surface area contributed by atoms with E-state index in [4.69, 9.17) is 0 Å². The smallest absolute Gasteiger partial charge is 0.156 e. The van der Waals surface area contributed by atoms with Crippen LogP contribution in [-0.4, -0.2) is 5.78 Å². The van der Waals surface area contributed by atoms with E-state index in [0.717, 1.165) is 30.6 Å². The largest absolute Gasteiger partial charge is 0.295 e. The number of hydrogen-bond donors (Lipinski definition) is 0. The van der Waals surface area contributed by atoms with Gasteiger partial charge in [-0.05, 0) is 85.3 Å². The van der Waals surface area contributed by atoms with Crippen molar-refractivity contribution < 1.29 is 4.79 Å². The van der Waals surface area contributed by atoms with Crippen LogP contribution in [0.4, 0.5) is 0 Å². The third-order valence-electron chi connectivity index (χ3n) is 7.42. The summed E-state index contributed by atoms with van der Waals surface area (Å²) in [5.41, 5.74) is 5.41. The molecule has 0 aromatic heterocycles. The fraction of sp³-hybridized carbons (Fsp3) is 0.750. The molecule has 0 N–H and O–H groups in total. The topological polar surface area (TPSA) is 17.1 Å². The minimum atomic E-state index is 0.361. The van der Waals surface area contributed by atoms with Gasteiger partial charge in [-0.25, -0.2) is 0 Å². The molecule has 0 amide bonds. The zero-order chi connectivity index (χ0) is 14.6. The monoisotopic (exact) mass is 284 g/mol. The number of ketones is 1. The fourth-order valence-corrected chi connectivity index (χ4v) is 6.31. The van der Waals surface area contributed by atoms with E-state index in [1.807, 2.05) is 6.08 Å². The van der Waals surface area contributed by atoms with Gasteiger partial charge in [-0.1, -0.05) is 25.8 Å². The van der Waals surface area contributed by atoms with Gasteiger partial charge in [-0.2, -0.15) is 0 Å². The Balaban J connectivity index is 1.71. The van der Waals surface area contributed by atoms with Crippen molar-refractivity contribution in [1.29, 1.82) is 0 Å². The number of carbonyl (C=O) groups is 1. The van der Waals surface area contributed by atoms with Gasteiger partial charge in [0.25, 0.3) is 0 Å². The molecule has 0 radical (unpaired) electrons. The van der Waals surface area contributed by atoms with E-state index in [2.05, 4.69) is 13.8 Å². The van der Waals surface area contributed by atoms with Crippen LogP contribution in [0.5, 0.6) is 0 Å². The molecule has 21 heavy (non-hydrogen) atoms. The molecule has 0 saturated heterocycles. The van der Waals surface area contributed by atoms with Crippen LogP contribution < -0.4 is 0 Å². The van der Waals surface area contributed by atoms with Gasteiger partial charge in [0.2, 0.25) is 0 Å². The van der Waals surface area contributed by atoms with Gasteiger partial charge in [-0.15, -0.1) is 0 Å². The Morgan fingerprint density at radius 1 is 1.14 bits per heavy atom. The second-order valence-electron chi connectivity index (χ2n) is 8.08. The lowest BCUT2D eigenvalue weighted by molar-refractivity contribution is -0.114. The van der Waals surface area contributed by atoms with Crippen LogP contribution >= 0.6 is 0 Å². The Morgan fingerprint density at radius 2 is 2.00 bits per heavy atom. The van der Waals surface area contributed by atoms with Gasteiger partial charge in [0, 0.05) is 6.42 Å². The second kappa shape index (κ2) is 4.83. The fourth-order valence-electron chi connectivity index (χ4n) is 6.31. The molecule has 0 spiro atoms. The van der Waals surface area contributed by atoms with E-state index in [9.17, 15) is 4.79 Å². The van der Waals surface area contributed by atoms with Gasteiger partial charge in [-0.3, -0.25) is 4.79 Å². The number of carbonyl (C=O) groups excluding carboxylic acids is 1. The van der Waals surface area contributed by atoms with E-state index < -0.39 is 0 Å². The molecule has 0 aromatic carbocycles. The molecule has 4 rings (SSSR count). The lowest BCUT2D eigenvalue weighted by atomic mass is 9.56. The average molecular weight is 284 g/mol. The van der Waals surface area contributed by atoms with E-state index in [1.165, 1.54) is 50.5 Å². The quantitative estimate of drug-likeness (QED) is 0.645.